The van der Waals surface area contributed by atoms with Gasteiger partial charge in [0.1, 0.15) is 17.2 Å². The molecule has 0 aliphatic carbocycles. The van der Waals surface area contributed by atoms with Gasteiger partial charge in [0, 0.05) is 29.8 Å². The molecule has 1 aliphatic rings. The Balaban J connectivity index is 1.73. The van der Waals surface area contributed by atoms with Crippen LogP contribution in [0.3, 0.4) is 0 Å². The van der Waals surface area contributed by atoms with Crippen molar-refractivity contribution in [3.8, 4) is 17.2 Å². The van der Waals surface area contributed by atoms with E-state index in [-0.39, 0.29) is 23.5 Å². The van der Waals surface area contributed by atoms with Gasteiger partial charge >= 0.3 is 11.9 Å². The van der Waals surface area contributed by atoms with Crippen LogP contribution in [-0.2, 0) is 22.6 Å². The van der Waals surface area contributed by atoms with Crippen molar-refractivity contribution in [1.29, 1.82) is 0 Å². The lowest BCUT2D eigenvalue weighted by Gasteiger charge is -2.27. The molecule has 8 heteroatoms. The van der Waals surface area contributed by atoms with E-state index < -0.39 is 24.5 Å². The van der Waals surface area contributed by atoms with Crippen molar-refractivity contribution in [3.05, 3.63) is 87.3 Å². The Morgan fingerprint density at radius 3 is 2.61 bits per heavy atom. The van der Waals surface area contributed by atoms with E-state index in [4.69, 9.17) is 14.6 Å². The zero-order valence-corrected chi connectivity index (χ0v) is 18.0. The number of ether oxygens (including phenoxy) is 2. The number of aliphatic carboxylic acids is 1. The second kappa shape index (κ2) is 9.20. The standard InChI is InChI=1S/C25H23NO7/c1-15-12-21-24(25(31)26(15)11-10-16-6-8-17(27)9-7-16)19(13-23(30)33-21)18-4-2-3-5-20(18)32-14-22(28)29/h2-9,12,19,27H,10-11,13-14H2,1H3,(H,28,29). The maximum atomic E-state index is 13.6. The third-order valence-electron chi connectivity index (χ3n) is 5.66. The van der Waals surface area contributed by atoms with E-state index in [9.17, 15) is 19.5 Å². The maximum Gasteiger partial charge on any atom is 0.341 e. The number of carbonyl (C=O) groups excluding carboxylic acids is 1. The molecule has 0 fully saturated rings. The van der Waals surface area contributed by atoms with Crippen LogP contribution in [-0.4, -0.2) is 33.3 Å². The summed E-state index contributed by atoms with van der Waals surface area (Å²) in [5, 5.41) is 18.5. The summed E-state index contributed by atoms with van der Waals surface area (Å²) in [7, 11) is 0. The minimum Gasteiger partial charge on any atom is -0.508 e. The molecule has 2 heterocycles. The molecule has 1 unspecified atom stereocenters. The number of rotatable bonds is 7. The highest BCUT2D eigenvalue weighted by Gasteiger charge is 2.34. The molecule has 3 aromatic rings. The molecule has 0 spiro atoms. The first-order valence-electron chi connectivity index (χ1n) is 10.5. The second-order valence-electron chi connectivity index (χ2n) is 7.89. The molecule has 0 radical (unpaired) electrons. The average Bonchev–Trinajstić information content (AvgIpc) is 2.78. The number of aromatic hydroxyl groups is 1. The monoisotopic (exact) mass is 449 g/mol. The predicted octanol–water partition coefficient (Wildman–Crippen LogP) is 3.01. The molecule has 0 amide bonds. The molecule has 1 aromatic heterocycles. The fourth-order valence-corrected chi connectivity index (χ4v) is 4.08. The molecule has 0 saturated carbocycles. The molecule has 0 bridgehead atoms. The molecule has 2 N–H and O–H groups in total. The number of hydrogen-bond acceptors (Lipinski definition) is 6. The van der Waals surface area contributed by atoms with E-state index in [0.29, 0.717) is 35.5 Å². The summed E-state index contributed by atoms with van der Waals surface area (Å²) in [5.74, 6) is -1.52. The van der Waals surface area contributed by atoms with Crippen LogP contribution in [0.4, 0.5) is 0 Å². The number of phenols is 1. The lowest BCUT2D eigenvalue weighted by atomic mass is 9.86. The molecule has 170 valence electrons. The van der Waals surface area contributed by atoms with Gasteiger partial charge in [-0.2, -0.15) is 0 Å². The maximum absolute atomic E-state index is 13.6. The smallest absolute Gasteiger partial charge is 0.341 e. The number of carboxylic acids is 1. The second-order valence-corrected chi connectivity index (χ2v) is 7.89. The van der Waals surface area contributed by atoms with E-state index in [0.717, 1.165) is 5.56 Å². The van der Waals surface area contributed by atoms with Crippen LogP contribution < -0.4 is 15.0 Å². The number of hydrogen-bond donors (Lipinski definition) is 2. The van der Waals surface area contributed by atoms with E-state index in [1.54, 1.807) is 66.1 Å². The number of carboxylic acid groups (broad SMARTS) is 1. The fourth-order valence-electron chi connectivity index (χ4n) is 4.08. The normalized spacial score (nSPS) is 14.9. The molecular weight excluding hydrogens is 426 g/mol. The Morgan fingerprint density at radius 1 is 1.15 bits per heavy atom. The van der Waals surface area contributed by atoms with Gasteiger partial charge in [0.2, 0.25) is 0 Å². The van der Waals surface area contributed by atoms with E-state index in [1.165, 1.54) is 0 Å². The fraction of sp³-hybridized carbons (Fsp3) is 0.240. The molecule has 8 nitrogen and oxygen atoms in total. The number of aryl methyl sites for hydroxylation is 2. The third kappa shape index (κ3) is 4.74. The van der Waals surface area contributed by atoms with Crippen LogP contribution >= 0.6 is 0 Å². The van der Waals surface area contributed by atoms with Crippen LogP contribution in [0.1, 0.15) is 34.7 Å². The first-order chi connectivity index (χ1) is 15.8. The Kier molecular flexibility index (Phi) is 6.17. The number of phenolic OH excluding ortho intramolecular Hbond substituents is 1. The summed E-state index contributed by atoms with van der Waals surface area (Å²) in [6.07, 6.45) is 0.513. The van der Waals surface area contributed by atoms with Gasteiger partial charge in [0.05, 0.1) is 12.0 Å². The van der Waals surface area contributed by atoms with Gasteiger partial charge < -0.3 is 24.3 Å². The van der Waals surface area contributed by atoms with E-state index in [1.807, 2.05) is 0 Å². The van der Waals surface area contributed by atoms with Gasteiger partial charge in [-0.25, -0.2) is 4.79 Å². The van der Waals surface area contributed by atoms with Crippen molar-refractivity contribution in [3.63, 3.8) is 0 Å². The van der Waals surface area contributed by atoms with E-state index in [2.05, 4.69) is 0 Å². The zero-order chi connectivity index (χ0) is 23.5. The minimum atomic E-state index is -1.12. The first kappa shape index (κ1) is 22.1. The molecule has 0 saturated heterocycles. The van der Waals surface area contributed by atoms with Gasteiger partial charge in [0.25, 0.3) is 5.56 Å². The molecule has 1 atom stereocenters. The minimum absolute atomic E-state index is 0.0588. The Labute approximate surface area is 189 Å². The SMILES string of the molecule is Cc1cc2c(c(=O)n1CCc1ccc(O)cc1)C(c1ccccc1OCC(=O)O)CC(=O)O2. The summed E-state index contributed by atoms with van der Waals surface area (Å²) in [6, 6.07) is 15.3. The van der Waals surface area contributed by atoms with Crippen LogP contribution in [0, 0.1) is 6.92 Å². The topological polar surface area (TPSA) is 115 Å². The highest BCUT2D eigenvalue weighted by atomic mass is 16.5. The van der Waals surface area contributed by atoms with Crippen LogP contribution in [0.5, 0.6) is 17.2 Å². The zero-order valence-electron chi connectivity index (χ0n) is 18.0. The number of benzene rings is 2. The number of fused-ring (bicyclic) bond motifs is 1. The molecule has 33 heavy (non-hydrogen) atoms. The molecule has 2 aromatic carbocycles. The Bertz CT molecular complexity index is 1260. The van der Waals surface area contributed by atoms with Crippen molar-refractivity contribution in [2.45, 2.75) is 32.2 Å². The quantitative estimate of drug-likeness (QED) is 0.533. The molecule has 1 aliphatic heterocycles. The number of carbonyl (C=O) groups is 2. The lowest BCUT2D eigenvalue weighted by molar-refractivity contribution is -0.139. The number of nitrogens with zero attached hydrogens (tertiary/aromatic N) is 1. The first-order valence-corrected chi connectivity index (χ1v) is 10.5. The van der Waals surface area contributed by atoms with Crippen molar-refractivity contribution >= 4 is 11.9 Å². The molecule has 4 rings (SSSR count). The Morgan fingerprint density at radius 2 is 1.88 bits per heavy atom. The van der Waals surface area contributed by atoms with Crippen molar-refractivity contribution in [2.24, 2.45) is 0 Å². The number of esters is 1. The predicted molar refractivity (Wildman–Crippen MR) is 119 cm³/mol. The van der Waals surface area contributed by atoms with Gasteiger partial charge in [-0.15, -0.1) is 0 Å². The van der Waals surface area contributed by atoms with Gasteiger partial charge in [-0.3, -0.25) is 9.59 Å². The summed E-state index contributed by atoms with van der Waals surface area (Å²) in [6.45, 7) is 1.65. The summed E-state index contributed by atoms with van der Waals surface area (Å²) < 4.78 is 12.5. The van der Waals surface area contributed by atoms with Crippen LogP contribution in [0.2, 0.25) is 0 Å². The van der Waals surface area contributed by atoms with E-state index >= 15 is 0 Å². The van der Waals surface area contributed by atoms with Gasteiger partial charge in [-0.05, 0) is 37.1 Å². The van der Waals surface area contributed by atoms with Gasteiger partial charge in [0.15, 0.2) is 6.61 Å². The summed E-state index contributed by atoms with van der Waals surface area (Å²) in [4.78, 5) is 36.9. The lowest BCUT2D eigenvalue weighted by Crippen LogP contribution is -2.33. The average molecular weight is 449 g/mol. The highest BCUT2D eigenvalue weighted by Crippen LogP contribution is 2.40. The summed E-state index contributed by atoms with van der Waals surface area (Å²) in [5.41, 5.74) is 2.25. The molecular formula is C25H23NO7. The van der Waals surface area contributed by atoms with Gasteiger partial charge in [-0.1, -0.05) is 30.3 Å². The summed E-state index contributed by atoms with van der Waals surface area (Å²) >= 11 is 0. The van der Waals surface area contributed by atoms with Crippen molar-refractivity contribution in [1.82, 2.24) is 4.57 Å². The van der Waals surface area contributed by atoms with Crippen molar-refractivity contribution in [2.75, 3.05) is 6.61 Å². The number of para-hydroxylation sites is 1. The van der Waals surface area contributed by atoms with Crippen LogP contribution in [0.25, 0.3) is 0 Å². The van der Waals surface area contributed by atoms with Crippen molar-refractivity contribution < 1.29 is 29.3 Å². The highest BCUT2D eigenvalue weighted by molar-refractivity contribution is 5.78. The Hall–Kier alpha value is -4.07. The largest absolute Gasteiger partial charge is 0.508 e. The number of aromatic nitrogens is 1. The number of pyridine rings is 1. The van der Waals surface area contributed by atoms with Crippen LogP contribution in [0.15, 0.2) is 59.4 Å². The third-order valence-corrected chi connectivity index (χ3v) is 5.66.